The van der Waals surface area contributed by atoms with Crippen LogP contribution in [0.3, 0.4) is 0 Å². The molecule has 0 saturated heterocycles. The quantitative estimate of drug-likeness (QED) is 0.636. The molecule has 2 nitrogen and oxygen atoms in total. The Hall–Kier alpha value is -0.190. The molecule has 66 valence electrons. The Morgan fingerprint density at radius 3 is 2.83 bits per heavy atom. The van der Waals surface area contributed by atoms with Crippen molar-refractivity contribution in [3.8, 4) is 0 Å². The number of hydrogen-bond donors (Lipinski definition) is 2. The van der Waals surface area contributed by atoms with Gasteiger partial charge < -0.3 is 10.8 Å². The Kier molecular flexibility index (Phi) is 3.91. The van der Waals surface area contributed by atoms with Crippen LogP contribution in [-0.2, 0) is 0 Å². The molecule has 1 aromatic carbocycles. The first-order valence-corrected chi connectivity index (χ1v) is 5.30. The van der Waals surface area contributed by atoms with E-state index in [0.29, 0.717) is 5.75 Å². The molecule has 3 N–H and O–H groups in total. The van der Waals surface area contributed by atoms with Crippen molar-refractivity contribution in [3.63, 3.8) is 0 Å². The van der Waals surface area contributed by atoms with Gasteiger partial charge in [0, 0.05) is 20.8 Å². The zero-order valence-corrected chi connectivity index (χ0v) is 8.86. The Morgan fingerprint density at radius 1 is 1.50 bits per heavy atom. The maximum atomic E-state index is 8.60. The van der Waals surface area contributed by atoms with E-state index in [1.807, 2.05) is 18.2 Å². The van der Waals surface area contributed by atoms with Crippen LogP contribution in [0.2, 0.25) is 0 Å². The molecule has 0 aliphatic heterocycles. The van der Waals surface area contributed by atoms with E-state index in [2.05, 4.69) is 15.9 Å². The molecule has 0 saturated carbocycles. The second-order valence-corrected chi connectivity index (χ2v) is 4.31. The fourth-order valence-corrected chi connectivity index (χ4v) is 1.89. The molecular weight excluding hydrogens is 238 g/mol. The Bertz CT molecular complexity index is 267. The van der Waals surface area contributed by atoms with Crippen LogP contribution in [0.15, 0.2) is 27.6 Å². The SMILES string of the molecule is Nc1cc(Br)ccc1SCCO. The third-order valence-corrected chi connectivity index (χ3v) is 2.88. The van der Waals surface area contributed by atoms with Crippen molar-refractivity contribution in [1.29, 1.82) is 0 Å². The summed E-state index contributed by atoms with van der Waals surface area (Å²) in [4.78, 5) is 1.02. The number of rotatable bonds is 3. The lowest BCUT2D eigenvalue weighted by molar-refractivity contribution is 0.322. The molecule has 1 rings (SSSR count). The number of aliphatic hydroxyl groups excluding tert-OH is 1. The van der Waals surface area contributed by atoms with Crippen LogP contribution < -0.4 is 5.73 Å². The van der Waals surface area contributed by atoms with E-state index in [-0.39, 0.29) is 6.61 Å². The highest BCUT2D eigenvalue weighted by atomic mass is 79.9. The molecule has 12 heavy (non-hydrogen) atoms. The molecule has 0 unspecified atom stereocenters. The fourth-order valence-electron chi connectivity index (χ4n) is 0.806. The average Bonchev–Trinajstić information content (AvgIpc) is 2.03. The van der Waals surface area contributed by atoms with Crippen LogP contribution >= 0.6 is 27.7 Å². The van der Waals surface area contributed by atoms with Gasteiger partial charge in [0.2, 0.25) is 0 Å². The number of thioether (sulfide) groups is 1. The summed E-state index contributed by atoms with van der Waals surface area (Å²) < 4.78 is 0.980. The lowest BCUT2D eigenvalue weighted by atomic mass is 10.3. The molecule has 0 bridgehead atoms. The number of hydrogen-bond acceptors (Lipinski definition) is 3. The van der Waals surface area contributed by atoms with Gasteiger partial charge in [-0.15, -0.1) is 11.8 Å². The van der Waals surface area contributed by atoms with Crippen LogP contribution in [0.25, 0.3) is 0 Å². The van der Waals surface area contributed by atoms with Crippen molar-refractivity contribution >= 4 is 33.4 Å². The van der Waals surface area contributed by atoms with Gasteiger partial charge in [-0.3, -0.25) is 0 Å². The van der Waals surface area contributed by atoms with Crippen LogP contribution in [0.4, 0.5) is 5.69 Å². The molecule has 0 atom stereocenters. The largest absolute Gasteiger partial charge is 0.398 e. The number of aliphatic hydroxyl groups is 1. The van der Waals surface area contributed by atoms with Gasteiger partial charge in [-0.1, -0.05) is 15.9 Å². The second kappa shape index (κ2) is 4.74. The summed E-state index contributed by atoms with van der Waals surface area (Å²) in [5.74, 6) is 0.686. The first-order valence-electron chi connectivity index (χ1n) is 3.52. The smallest absolute Gasteiger partial charge is 0.0525 e. The molecule has 0 fully saturated rings. The molecule has 0 spiro atoms. The Balaban J connectivity index is 2.72. The predicted octanol–water partition coefficient (Wildman–Crippen LogP) is 2.12. The zero-order valence-electron chi connectivity index (χ0n) is 6.46. The molecular formula is C8H10BrNOS. The van der Waals surface area contributed by atoms with E-state index in [1.54, 1.807) is 11.8 Å². The molecule has 0 amide bonds. The summed E-state index contributed by atoms with van der Waals surface area (Å²) >= 11 is 4.89. The van der Waals surface area contributed by atoms with Gasteiger partial charge in [0.15, 0.2) is 0 Å². The fraction of sp³-hybridized carbons (Fsp3) is 0.250. The lowest BCUT2D eigenvalue weighted by Gasteiger charge is -2.03. The van der Waals surface area contributed by atoms with Crippen molar-refractivity contribution in [3.05, 3.63) is 22.7 Å². The summed E-state index contributed by atoms with van der Waals surface area (Å²) in [6, 6.07) is 5.75. The Morgan fingerprint density at radius 2 is 2.25 bits per heavy atom. The van der Waals surface area contributed by atoms with E-state index in [1.165, 1.54) is 0 Å². The molecule has 4 heteroatoms. The Labute approximate surface area is 84.3 Å². The number of halogens is 1. The topological polar surface area (TPSA) is 46.2 Å². The monoisotopic (exact) mass is 247 g/mol. The molecule has 0 heterocycles. The van der Waals surface area contributed by atoms with E-state index in [0.717, 1.165) is 15.1 Å². The van der Waals surface area contributed by atoms with Crippen LogP contribution in [0.5, 0.6) is 0 Å². The van der Waals surface area contributed by atoms with Gasteiger partial charge in [0.25, 0.3) is 0 Å². The van der Waals surface area contributed by atoms with Crippen molar-refractivity contribution in [2.45, 2.75) is 4.90 Å². The molecule has 0 aromatic heterocycles. The minimum atomic E-state index is 0.181. The third kappa shape index (κ3) is 2.69. The molecule has 0 aliphatic carbocycles. The van der Waals surface area contributed by atoms with Gasteiger partial charge in [0.05, 0.1) is 6.61 Å². The normalized spacial score (nSPS) is 10.2. The summed E-state index contributed by atoms with van der Waals surface area (Å²) in [5, 5.41) is 8.60. The highest BCUT2D eigenvalue weighted by Crippen LogP contribution is 2.27. The summed E-state index contributed by atoms with van der Waals surface area (Å²) in [6.45, 7) is 0.181. The van der Waals surface area contributed by atoms with Crippen LogP contribution in [0, 0.1) is 0 Å². The van der Waals surface area contributed by atoms with E-state index in [4.69, 9.17) is 10.8 Å². The first-order chi connectivity index (χ1) is 5.74. The summed E-state index contributed by atoms with van der Waals surface area (Å²) in [7, 11) is 0. The highest BCUT2D eigenvalue weighted by molar-refractivity contribution is 9.10. The third-order valence-electron chi connectivity index (χ3n) is 1.32. The van der Waals surface area contributed by atoms with Crippen LogP contribution in [-0.4, -0.2) is 17.5 Å². The maximum absolute atomic E-state index is 8.60. The zero-order chi connectivity index (χ0) is 8.97. The van der Waals surface area contributed by atoms with Crippen molar-refractivity contribution in [2.75, 3.05) is 18.1 Å². The number of anilines is 1. The van der Waals surface area contributed by atoms with Crippen molar-refractivity contribution in [1.82, 2.24) is 0 Å². The number of benzene rings is 1. The van der Waals surface area contributed by atoms with Crippen LogP contribution in [0.1, 0.15) is 0 Å². The van der Waals surface area contributed by atoms with Gasteiger partial charge in [-0.2, -0.15) is 0 Å². The average molecular weight is 248 g/mol. The van der Waals surface area contributed by atoms with Crippen molar-refractivity contribution < 1.29 is 5.11 Å². The lowest BCUT2D eigenvalue weighted by Crippen LogP contribution is -1.91. The number of nitrogens with two attached hydrogens (primary N) is 1. The summed E-state index contributed by atoms with van der Waals surface area (Å²) in [5.41, 5.74) is 6.48. The molecule has 1 aromatic rings. The van der Waals surface area contributed by atoms with Gasteiger partial charge in [-0.05, 0) is 18.2 Å². The number of nitrogen functional groups attached to an aromatic ring is 1. The highest BCUT2D eigenvalue weighted by Gasteiger charge is 1.99. The van der Waals surface area contributed by atoms with E-state index >= 15 is 0 Å². The van der Waals surface area contributed by atoms with Gasteiger partial charge >= 0.3 is 0 Å². The van der Waals surface area contributed by atoms with Gasteiger partial charge in [0.1, 0.15) is 0 Å². The summed E-state index contributed by atoms with van der Waals surface area (Å²) in [6.07, 6.45) is 0. The van der Waals surface area contributed by atoms with Gasteiger partial charge in [-0.25, -0.2) is 0 Å². The minimum absolute atomic E-state index is 0.181. The maximum Gasteiger partial charge on any atom is 0.0525 e. The molecule has 0 radical (unpaired) electrons. The predicted molar refractivity (Wildman–Crippen MR) is 56.4 cm³/mol. The second-order valence-electron chi connectivity index (χ2n) is 2.25. The standard InChI is InChI=1S/C8H10BrNOS/c9-6-1-2-8(7(10)5-6)12-4-3-11/h1-2,5,11H,3-4,10H2. The molecule has 0 aliphatic rings. The van der Waals surface area contributed by atoms with E-state index < -0.39 is 0 Å². The van der Waals surface area contributed by atoms with E-state index in [9.17, 15) is 0 Å². The first kappa shape index (κ1) is 9.89. The minimum Gasteiger partial charge on any atom is -0.398 e. The van der Waals surface area contributed by atoms with Crippen molar-refractivity contribution in [2.24, 2.45) is 0 Å².